The summed E-state index contributed by atoms with van der Waals surface area (Å²) < 4.78 is 0. The predicted octanol–water partition coefficient (Wildman–Crippen LogP) is 3.93. The fourth-order valence-electron chi connectivity index (χ4n) is 2.93. The third kappa shape index (κ3) is 3.10. The molecule has 126 valence electrons. The van der Waals surface area contributed by atoms with Crippen LogP contribution in [0.1, 0.15) is 15.9 Å². The van der Waals surface area contributed by atoms with Gasteiger partial charge in [-0.15, -0.1) is 0 Å². The van der Waals surface area contributed by atoms with Crippen molar-refractivity contribution in [1.82, 2.24) is 4.98 Å². The summed E-state index contributed by atoms with van der Waals surface area (Å²) in [7, 11) is 0. The van der Waals surface area contributed by atoms with Crippen molar-refractivity contribution in [1.29, 1.82) is 0 Å². The molecule has 0 atom stereocenters. The lowest BCUT2D eigenvalue weighted by Gasteiger charge is -2.08. The minimum Gasteiger partial charge on any atom is -0.323 e. The largest absolute Gasteiger partial charge is 0.323 e. The molecule has 0 fully saturated rings. The van der Waals surface area contributed by atoms with Gasteiger partial charge in [-0.05, 0) is 58.8 Å². The number of hydrazone groups is 1. The number of carbonyl (C=O) groups is 1. The zero-order valence-corrected chi connectivity index (χ0v) is 13.9. The van der Waals surface area contributed by atoms with Crippen LogP contribution in [-0.4, -0.2) is 17.1 Å². The molecule has 0 saturated heterocycles. The lowest BCUT2D eigenvalue weighted by Crippen LogP contribution is -2.11. The van der Waals surface area contributed by atoms with Gasteiger partial charge in [0.2, 0.25) is 0 Å². The van der Waals surface area contributed by atoms with Crippen molar-refractivity contribution in [3.05, 3.63) is 84.1 Å². The molecule has 1 heterocycles. The SMILES string of the molecule is NN=Cc1ccc2cc(C(=O)Nc3ccc4ncccc4c3)ccc2c1. The van der Waals surface area contributed by atoms with E-state index in [4.69, 9.17) is 5.84 Å². The molecule has 0 radical (unpaired) electrons. The molecule has 4 rings (SSSR count). The van der Waals surface area contributed by atoms with E-state index in [0.29, 0.717) is 5.56 Å². The third-order valence-corrected chi connectivity index (χ3v) is 4.21. The summed E-state index contributed by atoms with van der Waals surface area (Å²) in [6.07, 6.45) is 3.34. The molecule has 0 spiro atoms. The van der Waals surface area contributed by atoms with Gasteiger partial charge in [0.15, 0.2) is 0 Å². The number of amides is 1. The summed E-state index contributed by atoms with van der Waals surface area (Å²) in [4.78, 5) is 16.9. The Kier molecular flexibility index (Phi) is 4.03. The second-order valence-electron chi connectivity index (χ2n) is 5.96. The lowest BCUT2D eigenvalue weighted by atomic mass is 10.0. The molecule has 5 heteroatoms. The minimum absolute atomic E-state index is 0.150. The van der Waals surface area contributed by atoms with Crippen molar-refractivity contribution in [2.75, 3.05) is 5.32 Å². The van der Waals surface area contributed by atoms with Crippen LogP contribution in [0.25, 0.3) is 21.7 Å². The zero-order valence-electron chi connectivity index (χ0n) is 13.9. The first-order valence-electron chi connectivity index (χ1n) is 8.16. The van der Waals surface area contributed by atoms with Crippen LogP contribution in [0.4, 0.5) is 5.69 Å². The lowest BCUT2D eigenvalue weighted by molar-refractivity contribution is 0.102. The fourth-order valence-corrected chi connectivity index (χ4v) is 2.93. The molecular formula is C21H16N4O. The van der Waals surface area contributed by atoms with E-state index in [0.717, 1.165) is 32.9 Å². The van der Waals surface area contributed by atoms with Gasteiger partial charge in [0.1, 0.15) is 0 Å². The van der Waals surface area contributed by atoms with Gasteiger partial charge >= 0.3 is 0 Å². The summed E-state index contributed by atoms with van der Waals surface area (Å²) in [5.74, 6) is 5.04. The van der Waals surface area contributed by atoms with Crippen LogP contribution >= 0.6 is 0 Å². The molecule has 0 saturated carbocycles. The van der Waals surface area contributed by atoms with Crippen LogP contribution in [-0.2, 0) is 0 Å². The molecule has 1 amide bonds. The van der Waals surface area contributed by atoms with Crippen molar-refractivity contribution >= 4 is 39.5 Å². The molecular weight excluding hydrogens is 324 g/mol. The predicted molar refractivity (Wildman–Crippen MR) is 105 cm³/mol. The number of hydrogen-bond acceptors (Lipinski definition) is 4. The van der Waals surface area contributed by atoms with Crippen LogP contribution in [0.5, 0.6) is 0 Å². The number of fused-ring (bicyclic) bond motifs is 2. The van der Waals surface area contributed by atoms with E-state index >= 15 is 0 Å². The van der Waals surface area contributed by atoms with Gasteiger partial charge < -0.3 is 11.2 Å². The Hall–Kier alpha value is -3.73. The molecule has 1 aromatic heterocycles. The summed E-state index contributed by atoms with van der Waals surface area (Å²) in [5, 5.41) is 9.46. The number of aromatic nitrogens is 1. The molecule has 4 aromatic rings. The van der Waals surface area contributed by atoms with Crippen molar-refractivity contribution in [3.8, 4) is 0 Å². The van der Waals surface area contributed by atoms with Crippen molar-refractivity contribution in [3.63, 3.8) is 0 Å². The Morgan fingerprint density at radius 2 is 1.81 bits per heavy atom. The highest BCUT2D eigenvalue weighted by atomic mass is 16.1. The average Bonchev–Trinajstić information content (AvgIpc) is 2.67. The molecule has 3 N–H and O–H groups in total. The highest BCUT2D eigenvalue weighted by molar-refractivity contribution is 6.07. The van der Waals surface area contributed by atoms with Gasteiger partial charge in [-0.2, -0.15) is 5.10 Å². The summed E-state index contributed by atoms with van der Waals surface area (Å²) in [6.45, 7) is 0. The van der Waals surface area contributed by atoms with E-state index in [1.807, 2.05) is 66.7 Å². The average molecular weight is 340 g/mol. The van der Waals surface area contributed by atoms with E-state index in [9.17, 15) is 4.79 Å². The van der Waals surface area contributed by atoms with Gasteiger partial charge in [0, 0.05) is 22.8 Å². The Morgan fingerprint density at radius 1 is 0.962 bits per heavy atom. The van der Waals surface area contributed by atoms with Gasteiger partial charge in [-0.3, -0.25) is 9.78 Å². The number of carbonyl (C=O) groups excluding carboxylic acids is 1. The van der Waals surface area contributed by atoms with Gasteiger partial charge in [0.05, 0.1) is 11.7 Å². The first kappa shape index (κ1) is 15.8. The van der Waals surface area contributed by atoms with Crippen LogP contribution in [0, 0.1) is 0 Å². The molecule has 3 aromatic carbocycles. The summed E-state index contributed by atoms with van der Waals surface area (Å²) in [6, 6.07) is 20.9. The maximum Gasteiger partial charge on any atom is 0.255 e. The molecule has 0 bridgehead atoms. The second kappa shape index (κ2) is 6.64. The number of anilines is 1. The molecule has 0 aliphatic rings. The maximum absolute atomic E-state index is 12.6. The van der Waals surface area contributed by atoms with Crippen LogP contribution in [0.15, 0.2) is 78.0 Å². The fraction of sp³-hybridized carbons (Fsp3) is 0. The van der Waals surface area contributed by atoms with Gasteiger partial charge in [0.25, 0.3) is 5.91 Å². The minimum atomic E-state index is -0.150. The number of pyridine rings is 1. The smallest absolute Gasteiger partial charge is 0.255 e. The standard InChI is InChI=1S/C21H16N4O/c22-24-13-14-3-4-16-11-18(6-5-15(16)10-14)21(26)25-19-7-8-20-17(12-19)2-1-9-23-20/h1-13H,22H2,(H,25,26). The van der Waals surface area contributed by atoms with E-state index in [2.05, 4.69) is 15.4 Å². The van der Waals surface area contributed by atoms with Gasteiger partial charge in [-0.1, -0.05) is 24.3 Å². The monoisotopic (exact) mass is 340 g/mol. The van der Waals surface area contributed by atoms with Gasteiger partial charge in [-0.25, -0.2) is 0 Å². The number of nitrogens with one attached hydrogen (secondary N) is 1. The van der Waals surface area contributed by atoms with Crippen molar-refractivity contribution in [2.45, 2.75) is 0 Å². The topological polar surface area (TPSA) is 80.4 Å². The van der Waals surface area contributed by atoms with Crippen LogP contribution in [0.3, 0.4) is 0 Å². The van der Waals surface area contributed by atoms with E-state index < -0.39 is 0 Å². The third-order valence-electron chi connectivity index (χ3n) is 4.21. The van der Waals surface area contributed by atoms with Crippen molar-refractivity contribution in [2.24, 2.45) is 10.9 Å². The van der Waals surface area contributed by atoms with Crippen molar-refractivity contribution < 1.29 is 4.79 Å². The maximum atomic E-state index is 12.6. The number of nitrogens with zero attached hydrogens (tertiary/aromatic N) is 2. The van der Waals surface area contributed by atoms with E-state index in [1.165, 1.54) is 0 Å². The van der Waals surface area contributed by atoms with E-state index in [-0.39, 0.29) is 5.91 Å². The summed E-state index contributed by atoms with van der Waals surface area (Å²) >= 11 is 0. The molecule has 0 aliphatic carbocycles. The Bertz CT molecular complexity index is 1150. The number of rotatable bonds is 3. The molecule has 5 nitrogen and oxygen atoms in total. The quantitative estimate of drug-likeness (QED) is 0.337. The Labute approximate surface area is 150 Å². The number of nitrogens with two attached hydrogens (primary N) is 1. The first-order chi connectivity index (χ1) is 12.7. The highest BCUT2D eigenvalue weighted by Gasteiger charge is 2.08. The van der Waals surface area contributed by atoms with Crippen LogP contribution in [0.2, 0.25) is 0 Å². The highest BCUT2D eigenvalue weighted by Crippen LogP contribution is 2.20. The molecule has 0 unspecified atom stereocenters. The van der Waals surface area contributed by atoms with E-state index in [1.54, 1.807) is 12.4 Å². The molecule has 0 aliphatic heterocycles. The zero-order chi connectivity index (χ0) is 17.9. The van der Waals surface area contributed by atoms with Crippen LogP contribution < -0.4 is 11.2 Å². The Morgan fingerprint density at radius 3 is 2.69 bits per heavy atom. The first-order valence-corrected chi connectivity index (χ1v) is 8.16. The summed E-state index contributed by atoms with van der Waals surface area (Å²) in [5.41, 5.74) is 3.16. The number of hydrogen-bond donors (Lipinski definition) is 2. The second-order valence-corrected chi connectivity index (χ2v) is 5.96. The molecule has 26 heavy (non-hydrogen) atoms. The normalized spacial score (nSPS) is 11.2. The number of benzene rings is 3. The Balaban J connectivity index is 1.61.